The lowest BCUT2D eigenvalue weighted by Gasteiger charge is -2.39. The zero-order valence-electron chi connectivity index (χ0n) is 10.7. The quantitative estimate of drug-likeness (QED) is 0.871. The van der Waals surface area contributed by atoms with Crippen molar-refractivity contribution in [3.8, 4) is 0 Å². The molecule has 0 radical (unpaired) electrons. The lowest BCUT2D eigenvalue weighted by atomic mass is 9.97. The maximum Gasteiger partial charge on any atom is 0.0733 e. The van der Waals surface area contributed by atoms with Crippen LogP contribution in [0.2, 0.25) is 0 Å². The highest BCUT2D eigenvalue weighted by atomic mass is 16.5. The molecule has 2 N–H and O–H groups in total. The molecule has 1 heterocycles. The van der Waals surface area contributed by atoms with Crippen molar-refractivity contribution in [3.63, 3.8) is 0 Å². The molecule has 0 spiro atoms. The summed E-state index contributed by atoms with van der Waals surface area (Å²) in [6.07, 6.45) is 2.15. The Morgan fingerprint density at radius 1 is 1.41 bits per heavy atom. The molecule has 0 aromatic heterocycles. The third-order valence-electron chi connectivity index (χ3n) is 3.52. The average Bonchev–Trinajstić information content (AvgIpc) is 2.31. The Morgan fingerprint density at radius 2 is 2.18 bits per heavy atom. The number of nitrogens with zero attached hydrogens (tertiary/aromatic N) is 1. The summed E-state index contributed by atoms with van der Waals surface area (Å²) in [5.74, 6) is 0. The summed E-state index contributed by atoms with van der Waals surface area (Å²) in [7, 11) is 1.74. The first kappa shape index (κ1) is 12.4. The molecule has 1 aliphatic heterocycles. The van der Waals surface area contributed by atoms with Crippen molar-refractivity contribution in [1.82, 2.24) is 0 Å². The van der Waals surface area contributed by atoms with Crippen LogP contribution >= 0.6 is 0 Å². The van der Waals surface area contributed by atoms with E-state index in [-0.39, 0.29) is 0 Å². The SMILES string of the molecule is COCc1ccccc1N1CCC(N)CC1C. The lowest BCUT2D eigenvalue weighted by Crippen LogP contribution is -2.46. The minimum absolute atomic E-state index is 0.357. The molecule has 0 bridgehead atoms. The van der Waals surface area contributed by atoms with E-state index in [1.54, 1.807) is 7.11 Å². The lowest BCUT2D eigenvalue weighted by molar-refractivity contribution is 0.185. The summed E-state index contributed by atoms with van der Waals surface area (Å²) < 4.78 is 5.26. The predicted molar refractivity (Wildman–Crippen MR) is 71.2 cm³/mol. The second-order valence-electron chi connectivity index (χ2n) is 4.89. The summed E-state index contributed by atoms with van der Waals surface area (Å²) in [6.45, 7) is 3.97. The zero-order valence-corrected chi connectivity index (χ0v) is 10.7. The highest BCUT2D eigenvalue weighted by Gasteiger charge is 2.24. The van der Waals surface area contributed by atoms with Gasteiger partial charge in [-0.25, -0.2) is 0 Å². The second kappa shape index (κ2) is 5.52. The van der Waals surface area contributed by atoms with Gasteiger partial charge < -0.3 is 15.4 Å². The van der Waals surface area contributed by atoms with Crippen molar-refractivity contribution < 1.29 is 4.74 Å². The Bertz CT molecular complexity index is 367. The number of anilines is 1. The number of ether oxygens (including phenoxy) is 1. The van der Waals surface area contributed by atoms with Crippen LogP contribution < -0.4 is 10.6 Å². The van der Waals surface area contributed by atoms with Gasteiger partial charge in [0.1, 0.15) is 0 Å². The Hall–Kier alpha value is -1.06. The van der Waals surface area contributed by atoms with E-state index in [1.165, 1.54) is 11.3 Å². The van der Waals surface area contributed by atoms with Gasteiger partial charge in [0.25, 0.3) is 0 Å². The summed E-state index contributed by atoms with van der Waals surface area (Å²) in [6, 6.07) is 9.35. The normalized spacial score (nSPS) is 25.0. The molecule has 1 fully saturated rings. The van der Waals surface area contributed by atoms with Crippen LogP contribution in [0.4, 0.5) is 5.69 Å². The number of piperidine rings is 1. The number of rotatable bonds is 3. The maximum absolute atomic E-state index is 6.01. The smallest absolute Gasteiger partial charge is 0.0733 e. The molecule has 2 atom stereocenters. The summed E-state index contributed by atoms with van der Waals surface area (Å²) >= 11 is 0. The van der Waals surface area contributed by atoms with E-state index < -0.39 is 0 Å². The molecular weight excluding hydrogens is 212 g/mol. The van der Waals surface area contributed by atoms with E-state index in [4.69, 9.17) is 10.5 Å². The minimum Gasteiger partial charge on any atom is -0.380 e. The van der Waals surface area contributed by atoms with Crippen LogP contribution in [-0.4, -0.2) is 25.7 Å². The van der Waals surface area contributed by atoms with Crippen LogP contribution in [0.25, 0.3) is 0 Å². The van der Waals surface area contributed by atoms with Crippen molar-refractivity contribution in [3.05, 3.63) is 29.8 Å². The standard InChI is InChI=1S/C14H22N2O/c1-11-9-13(15)7-8-16(11)14-6-4-3-5-12(14)10-17-2/h3-6,11,13H,7-10,15H2,1-2H3. The molecule has 3 nitrogen and oxygen atoms in total. The molecule has 17 heavy (non-hydrogen) atoms. The van der Waals surface area contributed by atoms with E-state index in [1.807, 2.05) is 0 Å². The van der Waals surface area contributed by atoms with Gasteiger partial charge in [0.2, 0.25) is 0 Å². The molecule has 1 saturated heterocycles. The average molecular weight is 234 g/mol. The van der Waals surface area contributed by atoms with Crippen LogP contribution in [-0.2, 0) is 11.3 Å². The first-order valence-corrected chi connectivity index (χ1v) is 6.31. The molecule has 94 valence electrons. The molecule has 1 aromatic carbocycles. The van der Waals surface area contributed by atoms with Crippen LogP contribution in [0.1, 0.15) is 25.3 Å². The Balaban J connectivity index is 2.21. The van der Waals surface area contributed by atoms with E-state index in [2.05, 4.69) is 36.1 Å². The van der Waals surface area contributed by atoms with Gasteiger partial charge >= 0.3 is 0 Å². The Morgan fingerprint density at radius 3 is 2.88 bits per heavy atom. The fourth-order valence-electron chi connectivity index (χ4n) is 2.63. The van der Waals surface area contributed by atoms with E-state index in [0.717, 1.165) is 19.4 Å². The molecule has 1 aromatic rings. The number of hydrogen-bond donors (Lipinski definition) is 1. The van der Waals surface area contributed by atoms with Crippen LogP contribution in [0.15, 0.2) is 24.3 Å². The highest BCUT2D eigenvalue weighted by Crippen LogP contribution is 2.27. The van der Waals surface area contributed by atoms with Crippen molar-refractivity contribution in [2.24, 2.45) is 5.73 Å². The predicted octanol–water partition coefficient (Wildman–Crippen LogP) is 2.15. The molecular formula is C14H22N2O. The molecule has 0 saturated carbocycles. The summed E-state index contributed by atoms with van der Waals surface area (Å²) in [5, 5.41) is 0. The van der Waals surface area contributed by atoms with Crippen molar-refractivity contribution >= 4 is 5.69 Å². The minimum atomic E-state index is 0.357. The van der Waals surface area contributed by atoms with E-state index >= 15 is 0 Å². The molecule has 0 amide bonds. The van der Waals surface area contributed by atoms with Gasteiger partial charge in [0, 0.05) is 37.0 Å². The highest BCUT2D eigenvalue weighted by molar-refractivity contribution is 5.54. The fraction of sp³-hybridized carbons (Fsp3) is 0.571. The third kappa shape index (κ3) is 2.79. The van der Waals surface area contributed by atoms with E-state index in [0.29, 0.717) is 18.7 Å². The van der Waals surface area contributed by atoms with Crippen molar-refractivity contribution in [1.29, 1.82) is 0 Å². The van der Waals surface area contributed by atoms with Crippen molar-refractivity contribution in [2.75, 3.05) is 18.6 Å². The number of hydrogen-bond acceptors (Lipinski definition) is 3. The topological polar surface area (TPSA) is 38.5 Å². The number of nitrogens with two attached hydrogens (primary N) is 1. The first-order chi connectivity index (χ1) is 8.22. The third-order valence-corrected chi connectivity index (χ3v) is 3.52. The Labute approximate surface area is 104 Å². The molecule has 2 rings (SSSR count). The molecule has 0 aliphatic carbocycles. The van der Waals surface area contributed by atoms with Gasteiger partial charge in [-0.15, -0.1) is 0 Å². The number of benzene rings is 1. The molecule has 1 aliphatic rings. The number of para-hydroxylation sites is 1. The second-order valence-corrected chi connectivity index (χ2v) is 4.89. The monoisotopic (exact) mass is 234 g/mol. The van der Waals surface area contributed by atoms with Crippen LogP contribution in [0.3, 0.4) is 0 Å². The van der Waals surface area contributed by atoms with Crippen LogP contribution in [0, 0.1) is 0 Å². The fourth-order valence-corrected chi connectivity index (χ4v) is 2.63. The van der Waals surface area contributed by atoms with Gasteiger partial charge in [-0.05, 0) is 25.8 Å². The zero-order chi connectivity index (χ0) is 12.3. The van der Waals surface area contributed by atoms with E-state index in [9.17, 15) is 0 Å². The van der Waals surface area contributed by atoms with Gasteiger partial charge in [-0.1, -0.05) is 18.2 Å². The van der Waals surface area contributed by atoms with Gasteiger partial charge in [0.05, 0.1) is 6.61 Å². The largest absolute Gasteiger partial charge is 0.380 e. The first-order valence-electron chi connectivity index (χ1n) is 6.31. The van der Waals surface area contributed by atoms with Crippen LogP contribution in [0.5, 0.6) is 0 Å². The van der Waals surface area contributed by atoms with Gasteiger partial charge in [0.15, 0.2) is 0 Å². The van der Waals surface area contributed by atoms with Gasteiger partial charge in [-0.3, -0.25) is 0 Å². The summed E-state index contributed by atoms with van der Waals surface area (Å²) in [4.78, 5) is 2.46. The van der Waals surface area contributed by atoms with Crippen molar-refractivity contribution in [2.45, 2.75) is 38.5 Å². The molecule has 3 heteroatoms. The maximum atomic E-state index is 6.01. The Kier molecular flexibility index (Phi) is 4.02. The summed E-state index contributed by atoms with van der Waals surface area (Å²) in [5.41, 5.74) is 8.57. The number of methoxy groups -OCH3 is 1. The van der Waals surface area contributed by atoms with Gasteiger partial charge in [-0.2, -0.15) is 0 Å². The molecule has 2 unspecified atom stereocenters.